The standard InChI is InChI=1S/C24H32N4O5S.CH4O3S/c1-4-14-24(23(30)27-25,34(3,32)33)16-20-17(2)13-15-26-21(20)19(22(29)28-31)12-8-11-18-9-6-5-7-10-18;1-5(2,3)4/h5-11,13,15,19,31H,4,12,14,16,25H2,1-3H3,(H,27,30)(H,28,29);1H3,(H,2,3,4)/b11-8+;/t19-,24+;/m0./s1. The molecule has 1 aromatic heterocycles. The largest absolute Gasteiger partial charge is 0.293 e. The van der Waals surface area contributed by atoms with Crippen LogP contribution in [0.25, 0.3) is 6.08 Å². The number of benzene rings is 1. The van der Waals surface area contributed by atoms with Crippen LogP contribution in [0.15, 0.2) is 48.7 Å². The topological polar surface area (TPSA) is 206 Å². The summed E-state index contributed by atoms with van der Waals surface area (Å²) < 4.78 is 49.8. The molecular formula is C25H36N4O8S2. The lowest BCUT2D eigenvalue weighted by atomic mass is 9.86. The van der Waals surface area contributed by atoms with E-state index in [1.165, 1.54) is 6.20 Å². The lowest BCUT2D eigenvalue weighted by Crippen LogP contribution is -2.55. The van der Waals surface area contributed by atoms with E-state index in [0.29, 0.717) is 29.5 Å². The van der Waals surface area contributed by atoms with Crippen molar-refractivity contribution >= 4 is 37.8 Å². The maximum absolute atomic E-state index is 12.9. The molecule has 0 saturated heterocycles. The van der Waals surface area contributed by atoms with E-state index in [-0.39, 0.29) is 19.3 Å². The normalized spacial score (nSPS) is 14.0. The third-order valence-electron chi connectivity index (χ3n) is 5.93. The van der Waals surface area contributed by atoms with Crippen molar-refractivity contribution in [2.45, 2.75) is 50.2 Å². The smallest absolute Gasteiger partial charge is 0.261 e. The summed E-state index contributed by atoms with van der Waals surface area (Å²) in [5.74, 6) is 2.95. The van der Waals surface area contributed by atoms with Gasteiger partial charge in [0, 0.05) is 18.9 Å². The minimum absolute atomic E-state index is 0.0351. The molecule has 6 N–H and O–H groups in total. The second kappa shape index (κ2) is 14.8. The molecule has 0 aliphatic carbocycles. The van der Waals surface area contributed by atoms with Crippen LogP contribution in [0, 0.1) is 6.92 Å². The first kappa shape index (κ1) is 33.9. The molecule has 0 radical (unpaired) electrons. The summed E-state index contributed by atoms with van der Waals surface area (Å²) in [7, 11) is -7.59. The van der Waals surface area contributed by atoms with Gasteiger partial charge in [-0.3, -0.25) is 29.8 Å². The molecule has 2 rings (SSSR count). The summed E-state index contributed by atoms with van der Waals surface area (Å²) in [6.07, 6.45) is 7.28. The van der Waals surface area contributed by atoms with Crippen molar-refractivity contribution in [3.8, 4) is 0 Å². The van der Waals surface area contributed by atoms with E-state index in [1.807, 2.05) is 41.8 Å². The molecule has 1 heterocycles. The van der Waals surface area contributed by atoms with E-state index in [9.17, 15) is 31.6 Å². The number of hydrazine groups is 1. The number of nitrogens with one attached hydrogen (secondary N) is 2. The fourth-order valence-electron chi connectivity index (χ4n) is 4.05. The zero-order valence-electron chi connectivity index (χ0n) is 22.3. The number of carbonyl (C=O) groups is 2. The van der Waals surface area contributed by atoms with Crippen LogP contribution in [0.3, 0.4) is 0 Å². The molecule has 0 spiro atoms. The third kappa shape index (κ3) is 10.1. The summed E-state index contributed by atoms with van der Waals surface area (Å²) in [4.78, 5) is 29.8. The fourth-order valence-corrected chi connectivity index (χ4v) is 5.43. The van der Waals surface area contributed by atoms with Crippen LogP contribution in [0.2, 0.25) is 0 Å². The van der Waals surface area contributed by atoms with Gasteiger partial charge < -0.3 is 0 Å². The molecule has 2 aromatic rings. The van der Waals surface area contributed by atoms with Gasteiger partial charge in [-0.25, -0.2) is 19.7 Å². The molecule has 0 unspecified atom stereocenters. The highest BCUT2D eigenvalue weighted by atomic mass is 32.2. The highest BCUT2D eigenvalue weighted by Gasteiger charge is 2.48. The Labute approximate surface area is 229 Å². The molecule has 39 heavy (non-hydrogen) atoms. The Morgan fingerprint density at radius 2 is 1.72 bits per heavy atom. The van der Waals surface area contributed by atoms with E-state index < -0.39 is 42.4 Å². The van der Waals surface area contributed by atoms with Crippen molar-refractivity contribution in [3.63, 3.8) is 0 Å². The third-order valence-corrected chi connectivity index (χ3v) is 7.89. The van der Waals surface area contributed by atoms with E-state index in [2.05, 4.69) is 4.98 Å². The van der Waals surface area contributed by atoms with Crippen molar-refractivity contribution in [1.82, 2.24) is 15.9 Å². The highest BCUT2D eigenvalue weighted by Crippen LogP contribution is 2.33. The summed E-state index contributed by atoms with van der Waals surface area (Å²) >= 11 is 0. The van der Waals surface area contributed by atoms with E-state index >= 15 is 0 Å². The molecule has 14 heteroatoms. The van der Waals surface area contributed by atoms with E-state index in [4.69, 9.17) is 10.4 Å². The Balaban J connectivity index is 0.00000139. The molecule has 2 atom stereocenters. The Kier molecular flexibility index (Phi) is 12.9. The van der Waals surface area contributed by atoms with Crippen LogP contribution in [0.5, 0.6) is 0 Å². The Bertz CT molecular complexity index is 1360. The average molecular weight is 585 g/mol. The maximum Gasteiger partial charge on any atom is 0.261 e. The van der Waals surface area contributed by atoms with Crippen molar-refractivity contribution in [1.29, 1.82) is 0 Å². The van der Waals surface area contributed by atoms with Crippen molar-refractivity contribution in [2.75, 3.05) is 12.5 Å². The summed E-state index contributed by atoms with van der Waals surface area (Å²) in [5, 5.41) is 9.39. The first-order valence-corrected chi connectivity index (χ1v) is 15.6. The number of aryl methyl sites for hydroxylation is 1. The van der Waals surface area contributed by atoms with Crippen molar-refractivity contribution in [3.05, 3.63) is 71.1 Å². The molecule has 0 aliphatic rings. The fraction of sp³-hybridized carbons (Fsp3) is 0.400. The number of hydrogen-bond donors (Lipinski definition) is 5. The molecule has 216 valence electrons. The van der Waals surface area contributed by atoms with Crippen LogP contribution in [-0.4, -0.2) is 60.7 Å². The van der Waals surface area contributed by atoms with Gasteiger partial charge in [0.1, 0.15) is 0 Å². The first-order valence-electron chi connectivity index (χ1n) is 11.8. The van der Waals surface area contributed by atoms with Gasteiger partial charge in [-0.05, 0) is 42.5 Å². The molecule has 0 bridgehead atoms. The number of allylic oxidation sites excluding steroid dienone is 1. The van der Waals surface area contributed by atoms with Gasteiger partial charge in [-0.1, -0.05) is 55.8 Å². The highest BCUT2D eigenvalue weighted by molar-refractivity contribution is 7.92. The number of hydrogen-bond acceptors (Lipinski definition) is 9. The van der Waals surface area contributed by atoms with Gasteiger partial charge >= 0.3 is 0 Å². The number of pyridine rings is 1. The van der Waals surface area contributed by atoms with E-state index in [1.54, 1.807) is 31.5 Å². The SMILES string of the molecule is CCC[C@@](Cc1c(C)ccnc1[C@H](C/C=C/c1ccccc1)C(=O)NO)(C(=O)NN)S(C)(=O)=O.CS(=O)(=O)O. The Hall–Kier alpha value is -3.17. The molecular weight excluding hydrogens is 548 g/mol. The van der Waals surface area contributed by atoms with Crippen LogP contribution < -0.4 is 16.7 Å². The second-order valence-corrected chi connectivity index (χ2v) is 12.8. The first-order chi connectivity index (χ1) is 18.1. The number of nitrogens with zero attached hydrogens (tertiary/aromatic N) is 1. The number of aromatic nitrogens is 1. The lowest BCUT2D eigenvalue weighted by Gasteiger charge is -2.31. The Morgan fingerprint density at radius 1 is 1.13 bits per heavy atom. The van der Waals surface area contributed by atoms with E-state index in [0.717, 1.165) is 11.8 Å². The number of carbonyl (C=O) groups excluding carboxylic acids is 2. The van der Waals surface area contributed by atoms with Crippen molar-refractivity contribution < 1.29 is 36.2 Å². The molecule has 2 amide bonds. The van der Waals surface area contributed by atoms with Gasteiger partial charge in [-0.15, -0.1) is 0 Å². The molecule has 0 fully saturated rings. The minimum atomic E-state index is -3.92. The quantitative estimate of drug-likeness (QED) is 0.0849. The van der Waals surface area contributed by atoms with Gasteiger partial charge in [0.2, 0.25) is 0 Å². The predicted molar refractivity (Wildman–Crippen MR) is 148 cm³/mol. The molecule has 0 aliphatic heterocycles. The number of sulfone groups is 1. The zero-order valence-corrected chi connectivity index (χ0v) is 23.9. The lowest BCUT2D eigenvalue weighted by molar-refractivity contribution is -0.130. The van der Waals surface area contributed by atoms with Gasteiger partial charge in [0.25, 0.3) is 21.9 Å². The number of amides is 2. The summed E-state index contributed by atoms with van der Waals surface area (Å²) in [6, 6.07) is 11.2. The van der Waals surface area contributed by atoms with Crippen LogP contribution in [0.1, 0.15) is 54.5 Å². The molecule has 1 aromatic carbocycles. The predicted octanol–water partition coefficient (Wildman–Crippen LogP) is 1.70. The maximum atomic E-state index is 12.9. The van der Waals surface area contributed by atoms with Gasteiger partial charge in [0.15, 0.2) is 14.6 Å². The van der Waals surface area contributed by atoms with Gasteiger partial charge in [0.05, 0.1) is 17.9 Å². The van der Waals surface area contributed by atoms with Crippen LogP contribution >= 0.6 is 0 Å². The Morgan fingerprint density at radius 3 is 2.21 bits per heavy atom. The summed E-state index contributed by atoms with van der Waals surface area (Å²) in [5.41, 5.74) is 6.02. The monoisotopic (exact) mass is 584 g/mol. The number of hydroxylamine groups is 1. The van der Waals surface area contributed by atoms with Crippen molar-refractivity contribution in [2.24, 2.45) is 5.84 Å². The molecule has 12 nitrogen and oxygen atoms in total. The van der Waals surface area contributed by atoms with Crippen LogP contribution in [-0.2, 0) is 36.0 Å². The average Bonchev–Trinajstić information content (AvgIpc) is 2.85. The van der Waals surface area contributed by atoms with Crippen LogP contribution in [0.4, 0.5) is 0 Å². The van der Waals surface area contributed by atoms with Gasteiger partial charge in [-0.2, -0.15) is 8.42 Å². The molecule has 0 saturated carbocycles. The number of rotatable bonds is 11. The minimum Gasteiger partial charge on any atom is -0.293 e. The summed E-state index contributed by atoms with van der Waals surface area (Å²) in [6.45, 7) is 3.53. The number of nitrogens with two attached hydrogens (primary N) is 1. The second-order valence-electron chi connectivity index (χ2n) is 8.97. The zero-order chi connectivity index (χ0) is 29.9.